The predicted octanol–water partition coefficient (Wildman–Crippen LogP) is 2.41. The summed E-state index contributed by atoms with van der Waals surface area (Å²) in [6.07, 6.45) is 1.91. The van der Waals surface area contributed by atoms with Crippen molar-refractivity contribution in [1.82, 2.24) is 9.59 Å². The highest BCUT2D eigenvalue weighted by molar-refractivity contribution is 7.05. The van der Waals surface area contributed by atoms with Crippen molar-refractivity contribution in [1.29, 1.82) is 0 Å². The van der Waals surface area contributed by atoms with Crippen LogP contribution in [0.2, 0.25) is 0 Å². The van der Waals surface area contributed by atoms with Crippen LogP contribution in [0.1, 0.15) is 29.9 Å². The third kappa shape index (κ3) is 3.01. The maximum absolute atomic E-state index is 10.0. The molecule has 0 fully saturated rings. The molecule has 1 N–H and O–H groups in total. The smallest absolute Gasteiger partial charge is 0.119 e. The first-order valence-corrected chi connectivity index (χ1v) is 6.26. The minimum Gasteiger partial charge on any atom is -0.494 e. The van der Waals surface area contributed by atoms with E-state index in [1.807, 2.05) is 24.3 Å². The van der Waals surface area contributed by atoms with Crippen molar-refractivity contribution >= 4 is 11.5 Å². The Labute approximate surface area is 104 Å². The number of hydrogen-bond donors (Lipinski definition) is 1. The summed E-state index contributed by atoms with van der Waals surface area (Å²) >= 11 is 1.20. The van der Waals surface area contributed by atoms with Gasteiger partial charge in [0, 0.05) is 0 Å². The molecule has 1 unspecified atom stereocenters. The minimum atomic E-state index is -0.657. The Balaban J connectivity index is 2.07. The zero-order valence-electron chi connectivity index (χ0n) is 9.54. The van der Waals surface area contributed by atoms with Gasteiger partial charge in [-0.3, -0.25) is 0 Å². The van der Waals surface area contributed by atoms with Gasteiger partial charge in [-0.05, 0) is 35.6 Å². The van der Waals surface area contributed by atoms with E-state index in [2.05, 4.69) is 16.5 Å². The summed E-state index contributed by atoms with van der Waals surface area (Å²) in [5.74, 6) is 0.824. The molecule has 1 aromatic heterocycles. The molecule has 5 heteroatoms. The van der Waals surface area contributed by atoms with E-state index >= 15 is 0 Å². The largest absolute Gasteiger partial charge is 0.494 e. The van der Waals surface area contributed by atoms with Gasteiger partial charge in [0.1, 0.15) is 11.9 Å². The Bertz CT molecular complexity index is 442. The lowest BCUT2D eigenvalue weighted by Crippen LogP contribution is -1.98. The average Bonchev–Trinajstić information content (AvgIpc) is 2.90. The maximum Gasteiger partial charge on any atom is 0.119 e. The van der Waals surface area contributed by atoms with Crippen molar-refractivity contribution < 1.29 is 9.84 Å². The first kappa shape index (κ1) is 12.0. The molecule has 0 amide bonds. The number of aliphatic hydroxyl groups excluding tert-OH is 1. The molecule has 0 saturated heterocycles. The van der Waals surface area contributed by atoms with Gasteiger partial charge in [0.05, 0.1) is 17.7 Å². The Kier molecular flexibility index (Phi) is 4.06. The van der Waals surface area contributed by atoms with E-state index in [0.29, 0.717) is 6.61 Å². The van der Waals surface area contributed by atoms with Crippen LogP contribution in [0.4, 0.5) is 0 Å². The van der Waals surface area contributed by atoms with Crippen LogP contribution in [0.15, 0.2) is 30.5 Å². The summed E-state index contributed by atoms with van der Waals surface area (Å²) in [7, 11) is 0. The number of hydrogen-bond acceptors (Lipinski definition) is 5. The molecule has 4 nitrogen and oxygen atoms in total. The Hall–Kier alpha value is -1.46. The molecule has 0 aliphatic rings. The van der Waals surface area contributed by atoms with E-state index in [-0.39, 0.29) is 0 Å². The van der Waals surface area contributed by atoms with E-state index in [0.717, 1.165) is 22.6 Å². The molecule has 0 radical (unpaired) electrons. The highest BCUT2D eigenvalue weighted by Crippen LogP contribution is 2.25. The summed E-state index contributed by atoms with van der Waals surface area (Å²) in [6, 6.07) is 7.44. The predicted molar refractivity (Wildman–Crippen MR) is 66.2 cm³/mol. The fourth-order valence-corrected chi connectivity index (χ4v) is 1.94. The lowest BCUT2D eigenvalue weighted by Gasteiger charge is -2.09. The molecule has 1 heterocycles. The SMILES string of the molecule is CCCOc1ccc(C(O)c2cnns2)cc1. The highest BCUT2D eigenvalue weighted by Gasteiger charge is 2.12. The number of rotatable bonds is 5. The van der Waals surface area contributed by atoms with Gasteiger partial charge in [-0.1, -0.05) is 23.5 Å². The van der Waals surface area contributed by atoms with Gasteiger partial charge in [0.25, 0.3) is 0 Å². The van der Waals surface area contributed by atoms with Crippen molar-refractivity contribution in [3.05, 3.63) is 40.9 Å². The van der Waals surface area contributed by atoms with Gasteiger partial charge in [-0.15, -0.1) is 5.10 Å². The zero-order valence-corrected chi connectivity index (χ0v) is 10.4. The van der Waals surface area contributed by atoms with Crippen LogP contribution < -0.4 is 4.74 Å². The van der Waals surface area contributed by atoms with Gasteiger partial charge in [-0.25, -0.2) is 0 Å². The maximum atomic E-state index is 10.0. The van der Waals surface area contributed by atoms with E-state index in [9.17, 15) is 5.11 Å². The molecule has 1 aromatic carbocycles. The molecule has 0 bridgehead atoms. The van der Waals surface area contributed by atoms with Crippen molar-refractivity contribution in [2.75, 3.05) is 6.61 Å². The molecule has 0 aliphatic heterocycles. The van der Waals surface area contributed by atoms with Crippen molar-refractivity contribution in [2.45, 2.75) is 19.4 Å². The van der Waals surface area contributed by atoms with Crippen molar-refractivity contribution in [3.63, 3.8) is 0 Å². The molecule has 1 atom stereocenters. The molecule has 17 heavy (non-hydrogen) atoms. The van der Waals surface area contributed by atoms with E-state index in [4.69, 9.17) is 4.74 Å². The van der Waals surface area contributed by atoms with Gasteiger partial charge in [0.15, 0.2) is 0 Å². The molecular weight excluding hydrogens is 236 g/mol. The van der Waals surface area contributed by atoms with Crippen LogP contribution in [0, 0.1) is 0 Å². The third-order valence-electron chi connectivity index (χ3n) is 2.32. The van der Waals surface area contributed by atoms with E-state index in [1.54, 1.807) is 6.20 Å². The number of benzene rings is 1. The third-order valence-corrected chi connectivity index (χ3v) is 3.03. The Morgan fingerprint density at radius 2 is 2.12 bits per heavy atom. The van der Waals surface area contributed by atoms with E-state index in [1.165, 1.54) is 11.5 Å². The summed E-state index contributed by atoms with van der Waals surface area (Å²) < 4.78 is 9.21. The zero-order chi connectivity index (χ0) is 12.1. The number of nitrogens with zero attached hydrogens (tertiary/aromatic N) is 2. The van der Waals surface area contributed by atoms with Gasteiger partial charge in [-0.2, -0.15) is 0 Å². The molecule has 90 valence electrons. The number of ether oxygens (including phenoxy) is 1. The first-order chi connectivity index (χ1) is 8.31. The quantitative estimate of drug-likeness (QED) is 0.885. The van der Waals surface area contributed by atoms with Crippen LogP contribution in [0.5, 0.6) is 5.75 Å². The number of aliphatic hydroxyl groups is 1. The Morgan fingerprint density at radius 3 is 2.71 bits per heavy atom. The van der Waals surface area contributed by atoms with Crippen molar-refractivity contribution in [3.8, 4) is 5.75 Å². The molecule has 0 aliphatic carbocycles. The molecule has 0 saturated carbocycles. The summed E-state index contributed by atoms with van der Waals surface area (Å²) in [6.45, 7) is 2.77. The Morgan fingerprint density at radius 1 is 1.35 bits per heavy atom. The fraction of sp³-hybridized carbons (Fsp3) is 0.333. The van der Waals surface area contributed by atoms with Gasteiger partial charge in [0.2, 0.25) is 0 Å². The van der Waals surface area contributed by atoms with Crippen LogP contribution >= 0.6 is 11.5 Å². The second-order valence-corrected chi connectivity index (χ2v) is 4.46. The van der Waals surface area contributed by atoms with Crippen LogP contribution in [-0.4, -0.2) is 21.3 Å². The second kappa shape index (κ2) is 5.75. The average molecular weight is 250 g/mol. The fourth-order valence-electron chi connectivity index (χ4n) is 1.43. The lowest BCUT2D eigenvalue weighted by atomic mass is 10.1. The topological polar surface area (TPSA) is 55.2 Å². The van der Waals surface area contributed by atoms with Gasteiger partial charge >= 0.3 is 0 Å². The summed E-state index contributed by atoms with van der Waals surface area (Å²) in [5, 5.41) is 13.7. The number of aromatic nitrogens is 2. The first-order valence-electron chi connectivity index (χ1n) is 5.49. The monoisotopic (exact) mass is 250 g/mol. The van der Waals surface area contributed by atoms with Crippen LogP contribution in [0.25, 0.3) is 0 Å². The minimum absolute atomic E-state index is 0.657. The lowest BCUT2D eigenvalue weighted by molar-refractivity contribution is 0.223. The van der Waals surface area contributed by atoms with E-state index < -0.39 is 6.10 Å². The molecule has 2 aromatic rings. The summed E-state index contributed by atoms with van der Waals surface area (Å²) in [5.41, 5.74) is 0.819. The molecular formula is C12H14N2O2S. The summed E-state index contributed by atoms with van der Waals surface area (Å²) in [4.78, 5) is 0.743. The van der Waals surface area contributed by atoms with Crippen LogP contribution in [0.3, 0.4) is 0 Å². The normalized spacial score (nSPS) is 12.4. The van der Waals surface area contributed by atoms with Crippen LogP contribution in [-0.2, 0) is 0 Å². The second-order valence-electron chi connectivity index (χ2n) is 3.64. The molecule has 0 spiro atoms. The van der Waals surface area contributed by atoms with Crippen molar-refractivity contribution in [2.24, 2.45) is 0 Å². The van der Waals surface area contributed by atoms with Gasteiger partial charge < -0.3 is 9.84 Å². The highest BCUT2D eigenvalue weighted by atomic mass is 32.1. The standard InChI is InChI=1S/C12H14N2O2S/c1-2-7-16-10-5-3-9(4-6-10)12(15)11-8-13-14-17-11/h3-6,8,12,15H,2,7H2,1H3. The molecule has 2 rings (SSSR count).